The Morgan fingerprint density at radius 1 is 1.29 bits per heavy atom. The van der Waals surface area contributed by atoms with Crippen molar-refractivity contribution in [2.24, 2.45) is 0 Å². The van der Waals surface area contributed by atoms with Crippen LogP contribution in [-0.2, 0) is 12.6 Å². The van der Waals surface area contributed by atoms with E-state index in [1.165, 1.54) is 12.1 Å². The van der Waals surface area contributed by atoms with Crippen molar-refractivity contribution in [2.45, 2.75) is 12.6 Å². The number of hydrogen-bond acceptors (Lipinski definition) is 2. The summed E-state index contributed by atoms with van der Waals surface area (Å²) < 4.78 is 37.2. The van der Waals surface area contributed by atoms with Crippen molar-refractivity contribution in [3.8, 4) is 0 Å². The summed E-state index contributed by atoms with van der Waals surface area (Å²) in [4.78, 5) is 0. The number of aliphatic hydroxyl groups is 1. The first kappa shape index (κ1) is 10.8. The fourth-order valence-corrected chi connectivity index (χ4v) is 1.26. The van der Waals surface area contributed by atoms with E-state index in [-0.39, 0.29) is 24.3 Å². The van der Waals surface area contributed by atoms with E-state index in [9.17, 15) is 13.2 Å². The second-order valence-corrected chi connectivity index (χ2v) is 2.84. The number of benzene rings is 1. The summed E-state index contributed by atoms with van der Waals surface area (Å²) in [5.41, 5.74) is 4.65. The molecule has 0 aliphatic carbocycles. The molecule has 0 spiro atoms. The minimum absolute atomic E-state index is 0.0394. The summed E-state index contributed by atoms with van der Waals surface area (Å²) in [6.07, 6.45) is -4.50. The topological polar surface area (TPSA) is 46.2 Å². The standard InChI is InChI=1S/C9H10F3NO/c10-9(11,12)7-2-1-3-8(13)6(7)4-5-14/h1-3,14H,4-5,13H2. The summed E-state index contributed by atoms with van der Waals surface area (Å²) in [5, 5.41) is 8.61. The molecule has 0 saturated heterocycles. The molecular weight excluding hydrogens is 195 g/mol. The number of alkyl halides is 3. The number of rotatable bonds is 2. The summed E-state index contributed by atoms with van der Waals surface area (Å²) in [6.45, 7) is -0.350. The van der Waals surface area contributed by atoms with Crippen molar-refractivity contribution >= 4 is 5.69 Å². The van der Waals surface area contributed by atoms with E-state index in [4.69, 9.17) is 10.8 Å². The fraction of sp³-hybridized carbons (Fsp3) is 0.333. The third-order valence-electron chi connectivity index (χ3n) is 1.88. The highest BCUT2D eigenvalue weighted by molar-refractivity contribution is 5.52. The monoisotopic (exact) mass is 205 g/mol. The molecule has 14 heavy (non-hydrogen) atoms. The molecule has 3 N–H and O–H groups in total. The molecule has 5 heteroatoms. The molecule has 1 rings (SSSR count). The van der Waals surface area contributed by atoms with Crippen molar-refractivity contribution in [3.05, 3.63) is 29.3 Å². The highest BCUT2D eigenvalue weighted by atomic mass is 19.4. The van der Waals surface area contributed by atoms with Gasteiger partial charge in [-0.25, -0.2) is 0 Å². The Balaban J connectivity index is 3.21. The first-order valence-electron chi connectivity index (χ1n) is 4.02. The van der Waals surface area contributed by atoms with Gasteiger partial charge >= 0.3 is 6.18 Å². The largest absolute Gasteiger partial charge is 0.416 e. The first-order valence-corrected chi connectivity index (χ1v) is 4.02. The van der Waals surface area contributed by atoms with E-state index in [0.29, 0.717) is 0 Å². The Labute approximate surface area is 79.2 Å². The third-order valence-corrected chi connectivity index (χ3v) is 1.88. The van der Waals surface area contributed by atoms with E-state index in [1.54, 1.807) is 0 Å². The summed E-state index contributed by atoms with van der Waals surface area (Å²) >= 11 is 0. The summed E-state index contributed by atoms with van der Waals surface area (Å²) in [5.74, 6) is 0. The molecule has 0 amide bonds. The minimum Gasteiger partial charge on any atom is -0.398 e. The van der Waals surface area contributed by atoms with Gasteiger partial charge in [-0.2, -0.15) is 13.2 Å². The SMILES string of the molecule is Nc1cccc(C(F)(F)F)c1CCO. The maximum absolute atomic E-state index is 12.4. The van der Waals surface area contributed by atoms with Crippen molar-refractivity contribution in [1.29, 1.82) is 0 Å². The maximum atomic E-state index is 12.4. The van der Waals surface area contributed by atoms with Crippen LogP contribution in [0.2, 0.25) is 0 Å². The van der Waals surface area contributed by atoms with Gasteiger partial charge in [0.2, 0.25) is 0 Å². The first-order chi connectivity index (χ1) is 6.46. The number of nitrogens with two attached hydrogens (primary N) is 1. The van der Waals surface area contributed by atoms with Crippen molar-refractivity contribution < 1.29 is 18.3 Å². The molecule has 0 aliphatic heterocycles. The highest BCUT2D eigenvalue weighted by Crippen LogP contribution is 2.34. The van der Waals surface area contributed by atoms with E-state index >= 15 is 0 Å². The van der Waals surface area contributed by atoms with Gasteiger partial charge in [-0.15, -0.1) is 0 Å². The van der Waals surface area contributed by atoms with E-state index in [0.717, 1.165) is 6.07 Å². The third kappa shape index (κ3) is 2.17. The Hall–Kier alpha value is -1.23. The molecule has 1 aromatic rings. The molecule has 0 radical (unpaired) electrons. The lowest BCUT2D eigenvalue weighted by molar-refractivity contribution is -0.138. The van der Waals surface area contributed by atoms with E-state index in [1.807, 2.05) is 0 Å². The fourth-order valence-electron chi connectivity index (χ4n) is 1.26. The van der Waals surface area contributed by atoms with E-state index < -0.39 is 11.7 Å². The van der Waals surface area contributed by atoms with Crippen LogP contribution < -0.4 is 5.73 Å². The van der Waals surface area contributed by atoms with Gasteiger partial charge in [-0.3, -0.25) is 0 Å². The molecule has 0 bridgehead atoms. The molecule has 0 aliphatic rings. The second-order valence-electron chi connectivity index (χ2n) is 2.84. The lowest BCUT2D eigenvalue weighted by atomic mass is 10.0. The van der Waals surface area contributed by atoms with Crippen LogP contribution in [0.25, 0.3) is 0 Å². The normalized spacial score (nSPS) is 11.7. The van der Waals surface area contributed by atoms with E-state index in [2.05, 4.69) is 0 Å². The van der Waals surface area contributed by atoms with Gasteiger partial charge in [-0.05, 0) is 24.1 Å². The lowest BCUT2D eigenvalue weighted by Gasteiger charge is -2.13. The zero-order valence-electron chi connectivity index (χ0n) is 7.30. The van der Waals surface area contributed by atoms with Gasteiger partial charge in [0.05, 0.1) is 5.56 Å². The Morgan fingerprint density at radius 2 is 1.93 bits per heavy atom. The molecule has 0 aromatic heterocycles. The van der Waals surface area contributed by atoms with Crippen LogP contribution >= 0.6 is 0 Å². The predicted molar refractivity (Wildman–Crippen MR) is 46.6 cm³/mol. The Kier molecular flexibility index (Phi) is 3.00. The van der Waals surface area contributed by atoms with Crippen LogP contribution in [0.3, 0.4) is 0 Å². The van der Waals surface area contributed by atoms with Gasteiger partial charge < -0.3 is 10.8 Å². The Bertz CT molecular complexity index is 322. The van der Waals surface area contributed by atoms with Gasteiger partial charge in [0.1, 0.15) is 0 Å². The molecule has 0 fully saturated rings. The number of aliphatic hydroxyl groups excluding tert-OH is 1. The molecular formula is C9H10F3NO. The van der Waals surface area contributed by atoms with Gasteiger partial charge in [0.25, 0.3) is 0 Å². The average molecular weight is 205 g/mol. The van der Waals surface area contributed by atoms with Crippen LogP contribution in [-0.4, -0.2) is 11.7 Å². The molecule has 78 valence electrons. The van der Waals surface area contributed by atoms with Gasteiger partial charge in [-0.1, -0.05) is 6.07 Å². The van der Waals surface area contributed by atoms with Crippen LogP contribution in [0.1, 0.15) is 11.1 Å². The maximum Gasteiger partial charge on any atom is 0.416 e. The van der Waals surface area contributed by atoms with Crippen molar-refractivity contribution in [3.63, 3.8) is 0 Å². The van der Waals surface area contributed by atoms with Crippen LogP contribution in [0.15, 0.2) is 18.2 Å². The molecule has 0 unspecified atom stereocenters. The number of halogens is 3. The molecule has 0 heterocycles. The average Bonchev–Trinajstić information content (AvgIpc) is 2.07. The summed E-state index contributed by atoms with van der Waals surface area (Å²) in [7, 11) is 0. The van der Waals surface area contributed by atoms with Crippen LogP contribution in [0, 0.1) is 0 Å². The second kappa shape index (κ2) is 3.88. The molecule has 2 nitrogen and oxygen atoms in total. The molecule has 0 atom stereocenters. The van der Waals surface area contributed by atoms with Gasteiger partial charge in [0, 0.05) is 12.3 Å². The zero-order valence-corrected chi connectivity index (χ0v) is 7.30. The molecule has 0 saturated carbocycles. The number of hydrogen-bond donors (Lipinski definition) is 2. The van der Waals surface area contributed by atoms with Crippen molar-refractivity contribution in [2.75, 3.05) is 12.3 Å². The van der Waals surface area contributed by atoms with Gasteiger partial charge in [0.15, 0.2) is 0 Å². The smallest absolute Gasteiger partial charge is 0.398 e. The zero-order chi connectivity index (χ0) is 10.8. The predicted octanol–water partition coefficient (Wildman–Crippen LogP) is 1.82. The Morgan fingerprint density at radius 3 is 2.43 bits per heavy atom. The quantitative estimate of drug-likeness (QED) is 0.723. The highest BCUT2D eigenvalue weighted by Gasteiger charge is 2.33. The van der Waals surface area contributed by atoms with Crippen LogP contribution in [0.4, 0.5) is 18.9 Å². The minimum atomic E-state index is -4.42. The summed E-state index contributed by atoms with van der Waals surface area (Å²) in [6, 6.07) is 3.60. The molecule has 1 aromatic carbocycles. The van der Waals surface area contributed by atoms with Crippen molar-refractivity contribution in [1.82, 2.24) is 0 Å². The lowest BCUT2D eigenvalue weighted by Crippen LogP contribution is -2.12. The van der Waals surface area contributed by atoms with Crippen LogP contribution in [0.5, 0.6) is 0 Å². The number of nitrogen functional groups attached to an aromatic ring is 1. The number of anilines is 1.